The molecular weight excluding hydrogens is 482 g/mol. The summed E-state index contributed by atoms with van der Waals surface area (Å²) in [4.78, 5) is 24.7. The van der Waals surface area contributed by atoms with Gasteiger partial charge in [0.05, 0.1) is 23.1 Å². The second kappa shape index (κ2) is 9.82. The Labute approximate surface area is 210 Å². The van der Waals surface area contributed by atoms with Crippen molar-refractivity contribution in [1.82, 2.24) is 15.0 Å². The first-order valence-electron chi connectivity index (χ1n) is 11.5. The second-order valence-corrected chi connectivity index (χ2v) is 11.3. The van der Waals surface area contributed by atoms with Gasteiger partial charge in [-0.3, -0.25) is 9.78 Å². The van der Waals surface area contributed by atoms with Gasteiger partial charge >= 0.3 is 0 Å². The highest BCUT2D eigenvalue weighted by Gasteiger charge is 2.22. The second-order valence-electron chi connectivity index (χ2n) is 9.38. The molecule has 0 unspecified atom stereocenters. The van der Waals surface area contributed by atoms with Gasteiger partial charge in [0.2, 0.25) is 5.91 Å². The Morgan fingerprint density at radius 3 is 2.42 bits per heavy atom. The van der Waals surface area contributed by atoms with Crippen LogP contribution < -0.4 is 15.4 Å². The van der Waals surface area contributed by atoms with Crippen LogP contribution >= 0.6 is 0 Å². The van der Waals surface area contributed by atoms with Crippen LogP contribution in [-0.4, -0.2) is 46.7 Å². The summed E-state index contributed by atoms with van der Waals surface area (Å²) in [6.45, 7) is 4.72. The number of pyridine rings is 3. The van der Waals surface area contributed by atoms with E-state index in [0.717, 1.165) is 25.5 Å². The maximum absolute atomic E-state index is 12.3. The summed E-state index contributed by atoms with van der Waals surface area (Å²) in [5.74, 6) is 0.666. The van der Waals surface area contributed by atoms with E-state index in [9.17, 15) is 18.3 Å². The topological polar surface area (TPSA) is 143 Å². The maximum Gasteiger partial charge on any atom is 0.222 e. The number of rotatable bonds is 8. The van der Waals surface area contributed by atoms with Crippen molar-refractivity contribution in [3.05, 3.63) is 48.3 Å². The van der Waals surface area contributed by atoms with Gasteiger partial charge in [0, 0.05) is 54.9 Å². The molecule has 1 saturated carbocycles. The molecule has 0 bridgehead atoms. The molecular formula is C25H29N5O5S. The highest BCUT2D eigenvalue weighted by atomic mass is 32.2. The molecule has 36 heavy (non-hydrogen) atoms. The quantitative estimate of drug-likeness (QED) is 0.411. The minimum Gasteiger partial charge on any atom is -0.490 e. The molecule has 1 amide bonds. The number of hydrogen-bond donors (Lipinski definition) is 3. The van der Waals surface area contributed by atoms with Crippen molar-refractivity contribution in [3.8, 4) is 17.0 Å². The highest BCUT2D eigenvalue weighted by molar-refractivity contribution is 7.90. The predicted octanol–water partition coefficient (Wildman–Crippen LogP) is 3.80. The van der Waals surface area contributed by atoms with Crippen molar-refractivity contribution in [2.75, 3.05) is 16.9 Å². The molecule has 3 heterocycles. The van der Waals surface area contributed by atoms with E-state index in [0.29, 0.717) is 34.1 Å². The number of ether oxygens (including phenoxy) is 1. The van der Waals surface area contributed by atoms with Crippen LogP contribution in [0.15, 0.2) is 47.8 Å². The molecule has 1 fully saturated rings. The summed E-state index contributed by atoms with van der Waals surface area (Å²) in [6.07, 6.45) is 7.17. The van der Waals surface area contributed by atoms with Gasteiger partial charge in [-0.2, -0.15) is 0 Å². The van der Waals surface area contributed by atoms with Crippen LogP contribution in [0, 0.1) is 0 Å². The average Bonchev–Trinajstić information content (AvgIpc) is 2.75. The fraction of sp³-hybridized carbons (Fsp3) is 0.360. The molecule has 4 rings (SSSR count). The number of sulfone groups is 1. The molecule has 1 aliphatic carbocycles. The number of aliphatic hydroxyl groups is 1. The summed E-state index contributed by atoms with van der Waals surface area (Å²) in [5.41, 5.74) is 1.22. The zero-order valence-corrected chi connectivity index (χ0v) is 21.4. The van der Waals surface area contributed by atoms with Gasteiger partial charge in [-0.15, -0.1) is 0 Å². The van der Waals surface area contributed by atoms with Crippen LogP contribution in [0.5, 0.6) is 5.75 Å². The lowest BCUT2D eigenvalue weighted by Crippen LogP contribution is -2.24. The molecule has 190 valence electrons. The minimum atomic E-state index is -3.61. The summed E-state index contributed by atoms with van der Waals surface area (Å²) >= 11 is 0. The lowest BCUT2D eigenvalue weighted by Gasteiger charge is -2.26. The number of carbonyl (C=O) groups is 1. The lowest BCUT2D eigenvalue weighted by molar-refractivity contribution is -0.114. The number of amides is 1. The normalized spacial score (nSPS) is 14.1. The highest BCUT2D eigenvalue weighted by Crippen LogP contribution is 2.33. The van der Waals surface area contributed by atoms with E-state index in [2.05, 4.69) is 25.6 Å². The van der Waals surface area contributed by atoms with Crippen LogP contribution in [0.2, 0.25) is 0 Å². The van der Waals surface area contributed by atoms with Crippen molar-refractivity contribution in [3.63, 3.8) is 0 Å². The monoisotopic (exact) mass is 511 g/mol. The lowest BCUT2D eigenvalue weighted by atomic mass is 9.96. The minimum absolute atomic E-state index is 0.0500. The van der Waals surface area contributed by atoms with Crippen molar-refractivity contribution in [1.29, 1.82) is 0 Å². The molecule has 3 N–H and O–H groups in total. The summed E-state index contributed by atoms with van der Waals surface area (Å²) in [7, 11) is -3.61. The number of nitrogens with zero attached hydrogens (tertiary/aromatic N) is 3. The zero-order chi connectivity index (χ0) is 26.1. The van der Waals surface area contributed by atoms with Gasteiger partial charge in [-0.1, -0.05) is 6.07 Å². The fourth-order valence-electron chi connectivity index (χ4n) is 3.55. The molecule has 1 aliphatic rings. The number of hydrogen-bond acceptors (Lipinski definition) is 9. The Morgan fingerprint density at radius 2 is 1.86 bits per heavy atom. The molecule has 0 aromatic carbocycles. The Bertz CT molecular complexity index is 1380. The zero-order valence-electron chi connectivity index (χ0n) is 20.6. The van der Waals surface area contributed by atoms with Gasteiger partial charge in [-0.25, -0.2) is 18.4 Å². The van der Waals surface area contributed by atoms with E-state index in [-0.39, 0.29) is 22.9 Å². The van der Waals surface area contributed by atoms with Gasteiger partial charge in [0.1, 0.15) is 17.4 Å². The third-order valence-electron chi connectivity index (χ3n) is 5.73. The number of anilines is 3. The Kier molecular flexibility index (Phi) is 6.96. The number of carbonyl (C=O) groups excluding carboxylic acids is 1. The van der Waals surface area contributed by atoms with Crippen molar-refractivity contribution < 1.29 is 23.1 Å². The molecule has 10 nitrogen and oxygen atoms in total. The van der Waals surface area contributed by atoms with Crippen molar-refractivity contribution in [2.45, 2.75) is 56.8 Å². The Morgan fingerprint density at radius 1 is 1.11 bits per heavy atom. The van der Waals surface area contributed by atoms with Crippen LogP contribution in [0.25, 0.3) is 11.3 Å². The van der Waals surface area contributed by atoms with E-state index < -0.39 is 15.4 Å². The molecule has 0 spiro atoms. The fourth-order valence-corrected chi connectivity index (χ4v) is 4.14. The van der Waals surface area contributed by atoms with Gasteiger partial charge in [0.15, 0.2) is 14.9 Å². The standard InChI is InChI=1S/C25H29N5O5S/c1-15(31)28-22-12-21(19(14-27-22)20-9-8-16(13-26-20)25(2,3)32)29-23-10-18(35-17-6-5-7-17)11-24(30-23)36(4,33)34/h8-14,17,32H,5-7H2,1-4H3,(H2,27,28,29,30,31). The van der Waals surface area contributed by atoms with Gasteiger partial charge in [-0.05, 0) is 39.2 Å². The van der Waals surface area contributed by atoms with Crippen molar-refractivity contribution in [2.24, 2.45) is 0 Å². The Hall–Kier alpha value is -3.57. The third kappa shape index (κ3) is 6.16. The molecule has 0 saturated heterocycles. The smallest absolute Gasteiger partial charge is 0.222 e. The molecule has 3 aromatic rings. The molecule has 0 atom stereocenters. The Balaban J connectivity index is 1.76. The van der Waals surface area contributed by atoms with Gasteiger partial charge in [0.25, 0.3) is 0 Å². The molecule has 0 radical (unpaired) electrons. The van der Waals surface area contributed by atoms with E-state index >= 15 is 0 Å². The van der Waals surface area contributed by atoms with E-state index in [4.69, 9.17) is 4.74 Å². The summed E-state index contributed by atoms with van der Waals surface area (Å²) in [6, 6.07) is 8.19. The maximum atomic E-state index is 12.3. The van der Waals surface area contributed by atoms with Gasteiger partial charge < -0.3 is 20.5 Å². The van der Waals surface area contributed by atoms with E-state index in [1.54, 1.807) is 50.5 Å². The third-order valence-corrected chi connectivity index (χ3v) is 6.70. The SMILES string of the molecule is CC(=O)Nc1cc(Nc2cc(OC3CCC3)cc(S(C)(=O)=O)n2)c(-c2ccc(C(C)(C)O)cn2)cn1. The molecule has 0 aliphatic heterocycles. The molecule has 11 heteroatoms. The first-order valence-corrected chi connectivity index (χ1v) is 13.4. The van der Waals surface area contributed by atoms with Crippen molar-refractivity contribution >= 4 is 33.1 Å². The summed E-state index contributed by atoms with van der Waals surface area (Å²) in [5, 5.41) is 15.9. The molecule has 3 aromatic heterocycles. The summed E-state index contributed by atoms with van der Waals surface area (Å²) < 4.78 is 30.6. The average molecular weight is 512 g/mol. The van der Waals surface area contributed by atoms with E-state index in [1.165, 1.54) is 13.0 Å². The number of aromatic nitrogens is 3. The number of nitrogens with one attached hydrogen (secondary N) is 2. The first-order chi connectivity index (χ1) is 16.9. The largest absolute Gasteiger partial charge is 0.490 e. The van der Waals surface area contributed by atoms with Crippen LogP contribution in [0.4, 0.5) is 17.3 Å². The van der Waals surface area contributed by atoms with Crippen LogP contribution in [0.3, 0.4) is 0 Å². The van der Waals surface area contributed by atoms with Crippen LogP contribution in [0.1, 0.15) is 45.6 Å². The van der Waals surface area contributed by atoms with Crippen LogP contribution in [-0.2, 0) is 20.2 Å². The first kappa shape index (κ1) is 25.5. The predicted molar refractivity (Wildman–Crippen MR) is 136 cm³/mol. The van der Waals surface area contributed by atoms with E-state index in [1.807, 2.05) is 0 Å².